The molecular weight excluding hydrogens is 434 g/mol. The van der Waals surface area contributed by atoms with Crippen molar-refractivity contribution in [2.24, 2.45) is 0 Å². The van der Waals surface area contributed by atoms with Crippen LogP contribution in [0.5, 0.6) is 5.75 Å². The van der Waals surface area contributed by atoms with Gasteiger partial charge in [-0.25, -0.2) is 0 Å². The Morgan fingerprint density at radius 3 is 2.70 bits per heavy atom. The van der Waals surface area contributed by atoms with Crippen molar-refractivity contribution >= 4 is 28.2 Å². The van der Waals surface area contributed by atoms with E-state index in [9.17, 15) is 9.59 Å². The van der Waals surface area contributed by atoms with Crippen molar-refractivity contribution in [2.75, 3.05) is 11.9 Å². The van der Waals surface area contributed by atoms with E-state index < -0.39 is 0 Å². The predicted octanol–water partition coefficient (Wildman–Crippen LogP) is 5.38. The van der Waals surface area contributed by atoms with Gasteiger partial charge in [0.1, 0.15) is 10.8 Å². The van der Waals surface area contributed by atoms with E-state index in [4.69, 9.17) is 4.74 Å². The first-order chi connectivity index (χ1) is 16.2. The standard InChI is InChI=1S/C26H29N3O3S/c1-2-3-4-15-32-20-12-10-19(11-13-20)24(30)29-26-23(21-8-5-9-22(21)33-26)25(31)28-17-18-7-6-14-27-16-18/h6-7,10-14,16H,2-5,8-9,15,17H2,1H3,(H,28,31)(H,29,30). The Labute approximate surface area is 198 Å². The molecule has 7 heteroatoms. The Kier molecular flexibility index (Phi) is 7.73. The lowest BCUT2D eigenvalue weighted by atomic mass is 10.1. The largest absolute Gasteiger partial charge is 0.494 e. The first kappa shape index (κ1) is 23.0. The lowest BCUT2D eigenvalue weighted by Crippen LogP contribution is -2.25. The van der Waals surface area contributed by atoms with Crippen LogP contribution < -0.4 is 15.4 Å². The van der Waals surface area contributed by atoms with E-state index in [1.165, 1.54) is 16.2 Å². The summed E-state index contributed by atoms with van der Waals surface area (Å²) in [4.78, 5) is 31.3. The molecule has 1 aromatic carbocycles. The van der Waals surface area contributed by atoms with E-state index in [0.29, 0.717) is 29.3 Å². The minimum atomic E-state index is -0.228. The molecule has 0 saturated carbocycles. The van der Waals surface area contributed by atoms with Crippen molar-refractivity contribution in [3.05, 3.63) is 75.9 Å². The van der Waals surface area contributed by atoms with Crippen LogP contribution in [0.3, 0.4) is 0 Å². The highest BCUT2D eigenvalue weighted by Crippen LogP contribution is 2.39. The number of benzene rings is 1. The van der Waals surface area contributed by atoms with Gasteiger partial charge in [0, 0.05) is 29.4 Å². The number of hydrogen-bond donors (Lipinski definition) is 2. The van der Waals surface area contributed by atoms with Crippen LogP contribution in [0.15, 0.2) is 48.8 Å². The fourth-order valence-electron chi connectivity index (χ4n) is 3.93. The predicted molar refractivity (Wildman–Crippen MR) is 131 cm³/mol. The lowest BCUT2D eigenvalue weighted by molar-refractivity contribution is 0.0951. The second-order valence-electron chi connectivity index (χ2n) is 8.14. The van der Waals surface area contributed by atoms with Crippen LogP contribution in [0.2, 0.25) is 0 Å². The van der Waals surface area contributed by atoms with Crippen LogP contribution in [0.25, 0.3) is 0 Å². The van der Waals surface area contributed by atoms with E-state index >= 15 is 0 Å². The number of aryl methyl sites for hydroxylation is 1. The molecule has 0 atom stereocenters. The van der Waals surface area contributed by atoms with Crippen molar-refractivity contribution in [2.45, 2.75) is 52.0 Å². The van der Waals surface area contributed by atoms with Gasteiger partial charge >= 0.3 is 0 Å². The number of ether oxygens (including phenoxy) is 1. The average molecular weight is 464 g/mol. The highest BCUT2D eigenvalue weighted by atomic mass is 32.1. The van der Waals surface area contributed by atoms with E-state index in [1.54, 1.807) is 24.5 Å². The number of anilines is 1. The number of amides is 2. The Morgan fingerprint density at radius 1 is 1.09 bits per heavy atom. The topological polar surface area (TPSA) is 80.3 Å². The zero-order valence-electron chi connectivity index (χ0n) is 18.9. The van der Waals surface area contributed by atoms with Gasteiger partial charge in [0.2, 0.25) is 0 Å². The summed E-state index contributed by atoms with van der Waals surface area (Å²) in [5.74, 6) is 0.367. The fourth-order valence-corrected chi connectivity index (χ4v) is 5.21. The molecule has 4 rings (SSSR count). The SMILES string of the molecule is CCCCCOc1ccc(C(=O)Nc2sc3c(c2C(=O)NCc2cccnc2)CCC3)cc1. The monoisotopic (exact) mass is 463 g/mol. The third kappa shape index (κ3) is 5.79. The Balaban J connectivity index is 1.43. The Hall–Kier alpha value is -3.19. The first-order valence-corrected chi connectivity index (χ1v) is 12.3. The molecule has 3 aromatic rings. The van der Waals surface area contributed by atoms with E-state index in [2.05, 4.69) is 22.5 Å². The van der Waals surface area contributed by atoms with Gasteiger partial charge in [-0.05, 0) is 67.1 Å². The van der Waals surface area contributed by atoms with Gasteiger partial charge in [-0.1, -0.05) is 25.8 Å². The zero-order valence-corrected chi connectivity index (χ0v) is 19.7. The van der Waals surface area contributed by atoms with Gasteiger partial charge in [0.15, 0.2) is 0 Å². The molecule has 0 unspecified atom stereocenters. The smallest absolute Gasteiger partial charge is 0.256 e. The highest BCUT2D eigenvalue weighted by Gasteiger charge is 2.27. The van der Waals surface area contributed by atoms with Crippen LogP contribution in [0, 0.1) is 0 Å². The number of pyridine rings is 1. The number of rotatable bonds is 10. The molecule has 0 spiro atoms. The number of nitrogens with one attached hydrogen (secondary N) is 2. The minimum Gasteiger partial charge on any atom is -0.494 e. The van der Waals surface area contributed by atoms with E-state index in [-0.39, 0.29) is 11.8 Å². The van der Waals surface area contributed by atoms with Crippen LogP contribution in [-0.2, 0) is 19.4 Å². The molecule has 0 radical (unpaired) electrons. The van der Waals surface area contributed by atoms with Crippen molar-refractivity contribution in [3.8, 4) is 5.75 Å². The molecule has 33 heavy (non-hydrogen) atoms. The lowest BCUT2D eigenvalue weighted by Gasteiger charge is -2.10. The summed E-state index contributed by atoms with van der Waals surface area (Å²) in [6.45, 7) is 3.23. The van der Waals surface area contributed by atoms with Crippen LogP contribution in [0.1, 0.15) is 69.3 Å². The number of hydrogen-bond acceptors (Lipinski definition) is 5. The normalized spacial score (nSPS) is 12.3. The average Bonchev–Trinajstić information content (AvgIpc) is 3.42. The second kappa shape index (κ2) is 11.1. The summed E-state index contributed by atoms with van der Waals surface area (Å²) in [5, 5.41) is 6.58. The molecule has 172 valence electrons. The van der Waals surface area contributed by atoms with Crippen LogP contribution in [0.4, 0.5) is 5.00 Å². The Bertz CT molecular complexity index is 1090. The number of nitrogens with zero attached hydrogens (tertiary/aromatic N) is 1. The van der Waals surface area contributed by atoms with Gasteiger partial charge in [-0.2, -0.15) is 0 Å². The maximum atomic E-state index is 13.1. The van der Waals surface area contributed by atoms with Crippen LogP contribution in [-0.4, -0.2) is 23.4 Å². The summed E-state index contributed by atoms with van der Waals surface area (Å²) in [7, 11) is 0. The number of fused-ring (bicyclic) bond motifs is 1. The zero-order chi connectivity index (χ0) is 23.0. The summed E-state index contributed by atoms with van der Waals surface area (Å²) in [6, 6.07) is 10.9. The van der Waals surface area contributed by atoms with Gasteiger partial charge in [-0.3, -0.25) is 14.6 Å². The van der Waals surface area contributed by atoms with E-state index in [1.807, 2.05) is 24.3 Å². The number of aromatic nitrogens is 1. The maximum Gasteiger partial charge on any atom is 0.256 e. The summed E-state index contributed by atoms with van der Waals surface area (Å²) >= 11 is 1.51. The first-order valence-electron chi connectivity index (χ1n) is 11.5. The van der Waals surface area contributed by atoms with Crippen molar-refractivity contribution in [1.82, 2.24) is 10.3 Å². The molecule has 0 fully saturated rings. The third-order valence-corrected chi connectivity index (χ3v) is 6.89. The molecule has 2 amide bonds. The number of carbonyl (C=O) groups is 2. The molecular formula is C26H29N3O3S. The molecule has 2 heterocycles. The molecule has 2 aromatic heterocycles. The molecule has 1 aliphatic carbocycles. The fraction of sp³-hybridized carbons (Fsp3) is 0.346. The molecule has 0 saturated heterocycles. The quantitative estimate of drug-likeness (QED) is 0.396. The number of thiophene rings is 1. The molecule has 0 aliphatic heterocycles. The van der Waals surface area contributed by atoms with Crippen molar-refractivity contribution < 1.29 is 14.3 Å². The van der Waals surface area contributed by atoms with Gasteiger partial charge < -0.3 is 15.4 Å². The van der Waals surface area contributed by atoms with Crippen molar-refractivity contribution in [3.63, 3.8) is 0 Å². The number of unbranched alkanes of at least 4 members (excludes halogenated alkanes) is 2. The Morgan fingerprint density at radius 2 is 1.94 bits per heavy atom. The third-order valence-electron chi connectivity index (χ3n) is 5.68. The summed E-state index contributed by atoms with van der Waals surface area (Å²) < 4.78 is 5.73. The van der Waals surface area contributed by atoms with Crippen LogP contribution >= 0.6 is 11.3 Å². The summed E-state index contributed by atoms with van der Waals surface area (Å²) in [6.07, 6.45) is 9.60. The highest BCUT2D eigenvalue weighted by molar-refractivity contribution is 7.17. The second-order valence-corrected chi connectivity index (χ2v) is 9.24. The van der Waals surface area contributed by atoms with Gasteiger partial charge in [0.05, 0.1) is 12.2 Å². The summed E-state index contributed by atoms with van der Waals surface area (Å²) in [5.41, 5.74) is 3.13. The number of carbonyl (C=O) groups excluding carboxylic acids is 2. The molecule has 1 aliphatic rings. The minimum absolute atomic E-state index is 0.163. The molecule has 0 bridgehead atoms. The van der Waals surface area contributed by atoms with E-state index in [0.717, 1.165) is 55.4 Å². The van der Waals surface area contributed by atoms with Crippen molar-refractivity contribution in [1.29, 1.82) is 0 Å². The van der Waals surface area contributed by atoms with Gasteiger partial charge in [0.25, 0.3) is 11.8 Å². The molecule has 6 nitrogen and oxygen atoms in total. The molecule has 2 N–H and O–H groups in total. The van der Waals surface area contributed by atoms with Gasteiger partial charge in [-0.15, -0.1) is 11.3 Å². The maximum absolute atomic E-state index is 13.1.